The first-order chi connectivity index (χ1) is 13.8. The Balaban J connectivity index is 2.10. The molecule has 0 aliphatic carbocycles. The van der Waals surface area contributed by atoms with Gasteiger partial charge in [0.1, 0.15) is 6.26 Å². The maximum atomic E-state index is 11.2. The van der Waals surface area contributed by atoms with Crippen molar-refractivity contribution >= 4 is 28.8 Å². The van der Waals surface area contributed by atoms with Crippen LogP contribution >= 0.6 is 11.6 Å². The van der Waals surface area contributed by atoms with Crippen molar-refractivity contribution in [1.82, 2.24) is 4.90 Å². The van der Waals surface area contributed by atoms with E-state index in [0.717, 1.165) is 40.0 Å². The highest BCUT2D eigenvalue weighted by atomic mass is 35.5. The third-order valence-electron chi connectivity index (χ3n) is 5.04. The number of hydrogen-bond donors (Lipinski definition) is 1. The fourth-order valence-corrected chi connectivity index (χ4v) is 3.67. The maximum Gasteiger partial charge on any atom is 0.335 e. The number of carbonyl (C=O) groups is 1. The third-order valence-corrected chi connectivity index (χ3v) is 5.35. The van der Waals surface area contributed by atoms with E-state index in [2.05, 4.69) is 13.8 Å². The van der Waals surface area contributed by atoms with E-state index in [0.29, 0.717) is 10.9 Å². The van der Waals surface area contributed by atoms with Crippen LogP contribution in [-0.2, 0) is 4.74 Å². The first-order valence-electron chi connectivity index (χ1n) is 9.47. The van der Waals surface area contributed by atoms with Crippen molar-refractivity contribution in [2.24, 2.45) is 0 Å². The van der Waals surface area contributed by atoms with Gasteiger partial charge in [-0.3, -0.25) is 4.90 Å². The molecule has 0 saturated carbocycles. The van der Waals surface area contributed by atoms with Gasteiger partial charge in [0.05, 0.1) is 11.3 Å². The summed E-state index contributed by atoms with van der Waals surface area (Å²) in [6, 6.07) is 12.9. The molecule has 150 valence electrons. The van der Waals surface area contributed by atoms with Crippen molar-refractivity contribution in [3.05, 3.63) is 93.7 Å². The van der Waals surface area contributed by atoms with Crippen LogP contribution in [0.1, 0.15) is 54.2 Å². The lowest BCUT2D eigenvalue weighted by molar-refractivity contribution is 0.0697. The minimum absolute atomic E-state index is 0.258. The monoisotopic (exact) mass is 409 g/mol. The van der Waals surface area contributed by atoms with Crippen LogP contribution in [0.15, 0.2) is 66.4 Å². The average Bonchev–Trinajstić information content (AvgIpc) is 3.17. The molecule has 4 nitrogen and oxygen atoms in total. The highest BCUT2D eigenvalue weighted by Crippen LogP contribution is 2.37. The smallest absolute Gasteiger partial charge is 0.335 e. The van der Waals surface area contributed by atoms with Gasteiger partial charge >= 0.3 is 5.97 Å². The molecule has 0 bridgehead atoms. The summed E-state index contributed by atoms with van der Waals surface area (Å²) >= 11 is 6.49. The quantitative estimate of drug-likeness (QED) is 0.598. The number of carboxylic acid groups (broad SMARTS) is 1. The Kier molecular flexibility index (Phi) is 6.14. The fraction of sp³-hybridized carbons (Fsp3) is 0.208. The van der Waals surface area contributed by atoms with Crippen molar-refractivity contribution in [3.63, 3.8) is 0 Å². The number of ether oxygens (including phenoxy) is 1. The zero-order valence-electron chi connectivity index (χ0n) is 17.0. The van der Waals surface area contributed by atoms with Crippen molar-refractivity contribution in [2.75, 3.05) is 0 Å². The highest BCUT2D eigenvalue weighted by molar-refractivity contribution is 6.32. The first kappa shape index (κ1) is 20.7. The number of halogens is 1. The van der Waals surface area contributed by atoms with Crippen LogP contribution in [0.4, 0.5) is 0 Å². The van der Waals surface area contributed by atoms with Gasteiger partial charge < -0.3 is 9.84 Å². The average molecular weight is 410 g/mol. The Morgan fingerprint density at radius 3 is 2.34 bits per heavy atom. The lowest BCUT2D eigenvalue weighted by Crippen LogP contribution is -2.15. The Labute approximate surface area is 176 Å². The van der Waals surface area contributed by atoms with Gasteiger partial charge in [-0.2, -0.15) is 0 Å². The van der Waals surface area contributed by atoms with Crippen molar-refractivity contribution in [1.29, 1.82) is 0 Å². The molecule has 1 N–H and O–H groups in total. The second-order valence-electron chi connectivity index (χ2n) is 7.05. The van der Waals surface area contributed by atoms with Gasteiger partial charge in [0, 0.05) is 22.4 Å². The van der Waals surface area contributed by atoms with Gasteiger partial charge in [-0.05, 0) is 62.1 Å². The van der Waals surface area contributed by atoms with Crippen LogP contribution in [0.2, 0.25) is 5.02 Å². The van der Waals surface area contributed by atoms with Crippen molar-refractivity contribution < 1.29 is 14.6 Å². The second kappa shape index (κ2) is 8.58. The fourth-order valence-electron chi connectivity index (χ4n) is 3.29. The molecular weight excluding hydrogens is 386 g/mol. The summed E-state index contributed by atoms with van der Waals surface area (Å²) in [5, 5.41) is 9.87. The maximum absolute atomic E-state index is 11.2. The van der Waals surface area contributed by atoms with Crippen LogP contribution < -0.4 is 0 Å². The molecule has 0 radical (unpaired) electrons. The Bertz CT molecular complexity index is 1030. The number of benzene rings is 2. The van der Waals surface area contributed by atoms with Crippen LogP contribution in [0.5, 0.6) is 0 Å². The number of aromatic carboxylic acids is 1. The number of nitrogens with zero attached hydrogens (tertiary/aromatic N) is 1. The second-order valence-corrected chi connectivity index (χ2v) is 7.46. The largest absolute Gasteiger partial charge is 0.478 e. The molecule has 3 rings (SSSR count). The van der Waals surface area contributed by atoms with Crippen LogP contribution in [0, 0.1) is 6.92 Å². The van der Waals surface area contributed by atoms with E-state index in [1.807, 2.05) is 55.3 Å². The normalized spacial score (nSPS) is 15.8. The van der Waals surface area contributed by atoms with Gasteiger partial charge in [0.25, 0.3) is 0 Å². The molecule has 1 aliphatic rings. The summed E-state index contributed by atoms with van der Waals surface area (Å²) in [5.41, 5.74) is 6.23. The Morgan fingerprint density at radius 2 is 1.76 bits per heavy atom. The van der Waals surface area contributed by atoms with Gasteiger partial charge in [0.15, 0.2) is 0 Å². The minimum atomic E-state index is -0.941. The lowest BCUT2D eigenvalue weighted by Gasteiger charge is -2.25. The van der Waals surface area contributed by atoms with Gasteiger partial charge in [-0.15, -0.1) is 0 Å². The summed E-state index contributed by atoms with van der Waals surface area (Å²) in [6.07, 6.45) is 4.37. The van der Waals surface area contributed by atoms with E-state index in [1.54, 1.807) is 18.4 Å². The lowest BCUT2D eigenvalue weighted by atomic mass is 10.0. The molecule has 0 fully saturated rings. The molecule has 2 aromatic carbocycles. The predicted octanol–water partition coefficient (Wildman–Crippen LogP) is 6.68. The summed E-state index contributed by atoms with van der Waals surface area (Å²) in [6.45, 7) is 8.15. The van der Waals surface area contributed by atoms with Crippen LogP contribution in [0.3, 0.4) is 0 Å². The minimum Gasteiger partial charge on any atom is -0.478 e. The topological polar surface area (TPSA) is 49.8 Å². The summed E-state index contributed by atoms with van der Waals surface area (Å²) < 4.78 is 5.86. The molecule has 0 amide bonds. The van der Waals surface area contributed by atoms with Gasteiger partial charge in [-0.25, -0.2) is 4.79 Å². The molecule has 29 heavy (non-hydrogen) atoms. The highest BCUT2D eigenvalue weighted by Gasteiger charge is 2.24. The van der Waals surface area contributed by atoms with E-state index in [-0.39, 0.29) is 5.56 Å². The van der Waals surface area contributed by atoms with E-state index in [1.165, 1.54) is 0 Å². The van der Waals surface area contributed by atoms with E-state index < -0.39 is 5.97 Å². The molecule has 0 atom stereocenters. The first-order valence-corrected chi connectivity index (χ1v) is 9.84. The molecule has 0 spiro atoms. The number of rotatable bonds is 5. The zero-order chi connectivity index (χ0) is 21.1. The number of carboxylic acids is 1. The number of aryl methyl sites for hydroxylation is 1. The molecule has 0 aromatic heterocycles. The third kappa shape index (κ3) is 4.22. The summed E-state index contributed by atoms with van der Waals surface area (Å²) in [4.78, 5) is 13.2. The van der Waals surface area contributed by atoms with E-state index in [9.17, 15) is 9.90 Å². The molecule has 1 aliphatic heterocycles. The van der Waals surface area contributed by atoms with Gasteiger partial charge in [0.2, 0.25) is 5.88 Å². The Morgan fingerprint density at radius 1 is 1.10 bits per heavy atom. The Hall–Kier alpha value is -2.98. The summed E-state index contributed by atoms with van der Waals surface area (Å²) in [5.74, 6) is -0.259. The molecule has 1 heterocycles. The molecule has 5 heteroatoms. The van der Waals surface area contributed by atoms with E-state index >= 15 is 0 Å². The van der Waals surface area contributed by atoms with Crippen LogP contribution in [-0.4, -0.2) is 16.0 Å². The van der Waals surface area contributed by atoms with Crippen molar-refractivity contribution in [3.8, 4) is 0 Å². The standard InChI is InChI=1S/C24H24ClNO3/c1-5-16(3)22(18-7-9-19(10-8-18)24(27)28)26-12-13-29-23(26)17(4)20-11-6-15(2)14-21(20)25/h6-14H,5H2,1-4H3,(H,27,28)/b22-16?,23-17-. The predicted molar refractivity (Wildman–Crippen MR) is 117 cm³/mol. The molecule has 0 saturated heterocycles. The zero-order valence-corrected chi connectivity index (χ0v) is 17.7. The van der Waals surface area contributed by atoms with E-state index in [4.69, 9.17) is 16.3 Å². The van der Waals surface area contributed by atoms with Crippen LogP contribution in [0.25, 0.3) is 11.3 Å². The SMILES string of the molecule is CCC(C)=C(c1ccc(C(=O)O)cc1)N1C=CO/C1=C(/C)c1ccc(C)cc1Cl. The number of allylic oxidation sites excluding steroid dienone is 2. The van der Waals surface area contributed by atoms with Gasteiger partial charge in [-0.1, -0.05) is 42.8 Å². The molecular formula is C24H24ClNO3. The molecule has 0 unspecified atom stereocenters. The van der Waals surface area contributed by atoms with Crippen molar-refractivity contribution in [2.45, 2.75) is 34.1 Å². The summed E-state index contributed by atoms with van der Waals surface area (Å²) in [7, 11) is 0. The molecule has 2 aromatic rings. The number of hydrogen-bond acceptors (Lipinski definition) is 3.